The third-order valence-electron chi connectivity index (χ3n) is 7.70. The first-order chi connectivity index (χ1) is 16.7. The maximum Gasteiger partial charge on any atom is 0.227 e. The summed E-state index contributed by atoms with van der Waals surface area (Å²) < 4.78 is 0. The van der Waals surface area contributed by atoms with Crippen molar-refractivity contribution >= 4 is 34.9 Å². The predicted octanol–water partition coefficient (Wildman–Crippen LogP) is 6.18. The molecule has 4 rings (SSSR count). The second-order valence-electron chi connectivity index (χ2n) is 10.9. The Morgan fingerprint density at radius 3 is 2.09 bits per heavy atom. The first-order valence-corrected chi connectivity index (χ1v) is 13.5. The number of amides is 1. The van der Waals surface area contributed by atoms with E-state index in [1.807, 2.05) is 4.90 Å². The summed E-state index contributed by atoms with van der Waals surface area (Å²) in [6.07, 6.45) is 4.93. The normalized spacial score (nSPS) is 19.0. The smallest absolute Gasteiger partial charge is 0.227 e. The number of hydrogen-bond acceptors (Lipinski definition) is 3. The van der Waals surface area contributed by atoms with Gasteiger partial charge in [-0.3, -0.25) is 14.5 Å². The van der Waals surface area contributed by atoms with E-state index in [1.165, 1.54) is 5.56 Å². The van der Waals surface area contributed by atoms with E-state index in [0.29, 0.717) is 45.7 Å². The van der Waals surface area contributed by atoms with E-state index in [2.05, 4.69) is 43.0 Å². The molecule has 2 aromatic rings. The van der Waals surface area contributed by atoms with Crippen LogP contribution in [-0.2, 0) is 22.4 Å². The first-order valence-electron chi connectivity index (χ1n) is 12.7. The summed E-state index contributed by atoms with van der Waals surface area (Å²) >= 11 is 12.5. The Bertz CT molecular complexity index is 1010. The van der Waals surface area contributed by atoms with Gasteiger partial charge in [0.2, 0.25) is 5.91 Å². The van der Waals surface area contributed by atoms with E-state index < -0.39 is 0 Å². The molecular weight excluding hydrogens is 479 g/mol. The Kier molecular flexibility index (Phi) is 8.57. The minimum atomic E-state index is 0.0737. The van der Waals surface area contributed by atoms with Gasteiger partial charge in [0.15, 0.2) is 5.78 Å². The van der Waals surface area contributed by atoms with E-state index in [4.69, 9.17) is 23.2 Å². The molecule has 0 saturated carbocycles. The highest BCUT2D eigenvalue weighted by molar-refractivity contribution is 6.36. The van der Waals surface area contributed by atoms with Crippen LogP contribution in [0.3, 0.4) is 0 Å². The summed E-state index contributed by atoms with van der Waals surface area (Å²) in [5.74, 6) is 0.803. The molecule has 0 aromatic heterocycles. The molecule has 6 heteroatoms. The molecule has 2 fully saturated rings. The van der Waals surface area contributed by atoms with Crippen molar-refractivity contribution in [1.29, 1.82) is 0 Å². The van der Waals surface area contributed by atoms with Crippen LogP contribution < -0.4 is 0 Å². The SMILES string of the molecule is CC1(C)CCN(CC(=O)Cc2ccc(C3CCN(C(=O)Cc4c(Cl)cccc4Cl)CC3)cc2)CC1. The Hall–Kier alpha value is -1.88. The lowest BCUT2D eigenvalue weighted by Gasteiger charge is -2.36. The molecule has 4 nitrogen and oxygen atoms in total. The summed E-state index contributed by atoms with van der Waals surface area (Å²) in [7, 11) is 0. The van der Waals surface area contributed by atoms with Crippen molar-refractivity contribution in [2.75, 3.05) is 32.7 Å². The lowest BCUT2D eigenvalue weighted by molar-refractivity contribution is -0.131. The van der Waals surface area contributed by atoms with Gasteiger partial charge in [-0.15, -0.1) is 0 Å². The average molecular weight is 516 g/mol. The molecule has 0 radical (unpaired) electrons. The zero-order valence-electron chi connectivity index (χ0n) is 20.9. The molecule has 0 unspecified atom stereocenters. The second kappa shape index (κ2) is 11.5. The van der Waals surface area contributed by atoms with E-state index in [0.717, 1.165) is 57.4 Å². The van der Waals surface area contributed by atoms with Crippen molar-refractivity contribution < 1.29 is 9.59 Å². The van der Waals surface area contributed by atoms with E-state index in [-0.39, 0.29) is 12.3 Å². The molecular formula is C29H36Cl2N2O2. The number of Topliss-reactive ketones (excluding diaryl/α,β-unsaturated/α-hetero) is 1. The Balaban J connectivity index is 1.24. The van der Waals surface area contributed by atoms with Crippen LogP contribution in [0.4, 0.5) is 0 Å². The molecule has 2 saturated heterocycles. The van der Waals surface area contributed by atoms with Crippen LogP contribution in [0.2, 0.25) is 10.0 Å². The number of carbonyl (C=O) groups is 2. The van der Waals surface area contributed by atoms with E-state index in [9.17, 15) is 9.59 Å². The Labute approximate surface area is 219 Å². The molecule has 2 aliphatic rings. The van der Waals surface area contributed by atoms with Crippen LogP contribution in [0, 0.1) is 5.41 Å². The van der Waals surface area contributed by atoms with Crippen molar-refractivity contribution in [3.05, 3.63) is 69.2 Å². The number of nitrogens with zero attached hydrogens (tertiary/aromatic N) is 2. The summed E-state index contributed by atoms with van der Waals surface area (Å²) in [5, 5.41) is 1.08. The molecule has 0 N–H and O–H groups in total. The van der Waals surface area contributed by atoms with Crippen LogP contribution in [0.5, 0.6) is 0 Å². The van der Waals surface area contributed by atoms with Gasteiger partial charge in [0.25, 0.3) is 0 Å². The minimum absolute atomic E-state index is 0.0737. The third kappa shape index (κ3) is 7.09. The van der Waals surface area contributed by atoms with Gasteiger partial charge in [-0.2, -0.15) is 0 Å². The zero-order valence-corrected chi connectivity index (χ0v) is 22.4. The molecule has 0 aliphatic carbocycles. The van der Waals surface area contributed by atoms with Gasteiger partial charge < -0.3 is 4.90 Å². The summed E-state index contributed by atoms with van der Waals surface area (Å²) in [6, 6.07) is 13.9. The van der Waals surface area contributed by atoms with Gasteiger partial charge in [0.05, 0.1) is 13.0 Å². The minimum Gasteiger partial charge on any atom is -0.342 e. The maximum atomic E-state index is 12.8. The molecule has 0 atom stereocenters. The van der Waals surface area contributed by atoms with Gasteiger partial charge in [-0.05, 0) is 78.9 Å². The highest BCUT2D eigenvalue weighted by atomic mass is 35.5. The van der Waals surface area contributed by atoms with Gasteiger partial charge in [-0.1, -0.05) is 67.4 Å². The van der Waals surface area contributed by atoms with Crippen LogP contribution in [0.1, 0.15) is 62.1 Å². The van der Waals surface area contributed by atoms with E-state index >= 15 is 0 Å². The van der Waals surface area contributed by atoms with Gasteiger partial charge >= 0.3 is 0 Å². The third-order valence-corrected chi connectivity index (χ3v) is 8.41. The first kappa shape index (κ1) is 26.2. The monoisotopic (exact) mass is 514 g/mol. The number of halogens is 2. The topological polar surface area (TPSA) is 40.6 Å². The number of likely N-dealkylation sites (tertiary alicyclic amines) is 2. The second-order valence-corrected chi connectivity index (χ2v) is 11.7. The summed E-state index contributed by atoms with van der Waals surface area (Å²) in [6.45, 7) is 8.69. The van der Waals surface area contributed by atoms with E-state index in [1.54, 1.807) is 18.2 Å². The Morgan fingerprint density at radius 2 is 1.49 bits per heavy atom. The largest absolute Gasteiger partial charge is 0.342 e. The fourth-order valence-electron chi connectivity index (χ4n) is 5.18. The fraction of sp³-hybridized carbons (Fsp3) is 0.517. The van der Waals surface area contributed by atoms with Gasteiger partial charge in [-0.25, -0.2) is 0 Å². The number of piperidine rings is 2. The molecule has 2 aromatic carbocycles. The number of carbonyl (C=O) groups excluding carboxylic acids is 2. The van der Waals surface area contributed by atoms with Crippen molar-refractivity contribution in [2.24, 2.45) is 5.41 Å². The highest BCUT2D eigenvalue weighted by Gasteiger charge is 2.27. The highest BCUT2D eigenvalue weighted by Crippen LogP contribution is 2.31. The maximum absolute atomic E-state index is 12.8. The van der Waals surface area contributed by atoms with Crippen LogP contribution in [-0.4, -0.2) is 54.2 Å². The van der Waals surface area contributed by atoms with Crippen molar-refractivity contribution in [3.8, 4) is 0 Å². The number of rotatable bonds is 7. The molecule has 188 valence electrons. The summed E-state index contributed by atoms with van der Waals surface area (Å²) in [4.78, 5) is 29.6. The fourth-order valence-corrected chi connectivity index (χ4v) is 5.71. The molecule has 2 heterocycles. The van der Waals surface area contributed by atoms with Gasteiger partial charge in [0, 0.05) is 29.6 Å². The molecule has 1 amide bonds. The Morgan fingerprint density at radius 1 is 0.886 bits per heavy atom. The summed E-state index contributed by atoms with van der Waals surface area (Å²) in [5.41, 5.74) is 3.49. The number of benzene rings is 2. The molecule has 0 spiro atoms. The zero-order chi connectivity index (χ0) is 25.0. The average Bonchev–Trinajstić information content (AvgIpc) is 2.83. The van der Waals surface area contributed by atoms with Crippen LogP contribution in [0.15, 0.2) is 42.5 Å². The predicted molar refractivity (Wildman–Crippen MR) is 143 cm³/mol. The van der Waals surface area contributed by atoms with Crippen LogP contribution >= 0.6 is 23.2 Å². The molecule has 35 heavy (non-hydrogen) atoms. The van der Waals surface area contributed by atoms with Crippen molar-refractivity contribution in [1.82, 2.24) is 9.80 Å². The van der Waals surface area contributed by atoms with Crippen molar-refractivity contribution in [2.45, 2.75) is 58.3 Å². The van der Waals surface area contributed by atoms with Gasteiger partial charge in [0.1, 0.15) is 0 Å². The lowest BCUT2D eigenvalue weighted by Crippen LogP contribution is -2.40. The quantitative estimate of drug-likeness (QED) is 0.443. The number of ketones is 1. The lowest BCUT2D eigenvalue weighted by atomic mass is 9.82. The molecule has 2 aliphatic heterocycles. The number of hydrogen-bond donors (Lipinski definition) is 0. The molecule has 0 bridgehead atoms. The van der Waals surface area contributed by atoms with Crippen molar-refractivity contribution in [3.63, 3.8) is 0 Å². The van der Waals surface area contributed by atoms with Crippen LogP contribution in [0.25, 0.3) is 0 Å². The standard InChI is InChI=1S/C29H36Cl2N2O2/c1-29(2)12-16-32(17-13-29)20-24(34)18-21-6-8-22(9-7-21)23-10-14-33(15-11-23)28(35)19-25-26(30)4-3-5-27(25)31/h3-9,23H,10-20H2,1-2H3.